The van der Waals surface area contributed by atoms with Gasteiger partial charge in [-0.2, -0.15) is 5.26 Å². The van der Waals surface area contributed by atoms with Gasteiger partial charge in [-0.05, 0) is 41.1 Å². The third-order valence-electron chi connectivity index (χ3n) is 6.17. The van der Waals surface area contributed by atoms with Gasteiger partial charge in [0.15, 0.2) is 5.78 Å². The summed E-state index contributed by atoms with van der Waals surface area (Å²) in [4.78, 5) is 40.5. The molecule has 0 bridgehead atoms. The molecule has 1 aliphatic rings. The summed E-state index contributed by atoms with van der Waals surface area (Å²) in [5, 5.41) is 23.5. The first-order valence-electron chi connectivity index (χ1n) is 10.9. The van der Waals surface area contributed by atoms with E-state index in [9.17, 15) is 14.4 Å². The highest BCUT2D eigenvalue weighted by Crippen LogP contribution is 2.31. The molecule has 0 radical (unpaired) electrons. The predicted molar refractivity (Wildman–Crippen MR) is 123 cm³/mol. The van der Waals surface area contributed by atoms with E-state index in [1.807, 2.05) is 28.8 Å². The van der Waals surface area contributed by atoms with Crippen molar-refractivity contribution in [3.05, 3.63) is 72.2 Å². The fourth-order valence-corrected chi connectivity index (χ4v) is 4.33. The molecule has 11 nitrogen and oxygen atoms in total. The Labute approximate surface area is 199 Å². The second-order valence-corrected chi connectivity index (χ2v) is 8.34. The molecule has 0 aliphatic carbocycles. The van der Waals surface area contributed by atoms with Gasteiger partial charge in [-0.25, -0.2) is 9.48 Å². The summed E-state index contributed by atoms with van der Waals surface area (Å²) >= 11 is 0. The van der Waals surface area contributed by atoms with E-state index in [1.165, 1.54) is 11.0 Å². The van der Waals surface area contributed by atoms with Crippen LogP contribution in [0.15, 0.2) is 61.1 Å². The second kappa shape index (κ2) is 8.49. The Morgan fingerprint density at radius 1 is 1.17 bits per heavy atom. The number of nitrogens with zero attached hydrogens (tertiary/aromatic N) is 7. The third kappa shape index (κ3) is 3.71. The molecule has 174 valence electrons. The van der Waals surface area contributed by atoms with Gasteiger partial charge in [-0.1, -0.05) is 30.3 Å². The molecule has 3 heterocycles. The van der Waals surface area contributed by atoms with Crippen LogP contribution in [0.5, 0.6) is 0 Å². The topological polar surface area (TPSA) is 139 Å². The predicted octanol–water partition coefficient (Wildman–Crippen LogP) is 2.18. The minimum absolute atomic E-state index is 0.293. The summed E-state index contributed by atoms with van der Waals surface area (Å²) in [6.45, 7) is 1.63. The van der Waals surface area contributed by atoms with Crippen molar-refractivity contribution < 1.29 is 14.4 Å². The lowest BCUT2D eigenvalue weighted by atomic mass is 9.91. The molecule has 35 heavy (non-hydrogen) atoms. The highest BCUT2D eigenvalue weighted by molar-refractivity contribution is 6.14. The number of amides is 3. The molecular weight excluding hydrogens is 448 g/mol. The molecule has 4 aromatic rings. The van der Waals surface area contributed by atoms with E-state index in [4.69, 9.17) is 5.26 Å². The molecule has 1 aliphatic heterocycles. The number of urea groups is 1. The lowest BCUT2D eigenvalue weighted by molar-refractivity contribution is -0.130. The van der Waals surface area contributed by atoms with Crippen LogP contribution in [0, 0.1) is 11.3 Å². The number of fused-ring (bicyclic) bond motifs is 1. The minimum Gasteiger partial charge on any atom is -0.346 e. The molecule has 3 amide bonds. The van der Waals surface area contributed by atoms with E-state index < -0.39 is 24.0 Å². The quantitative estimate of drug-likeness (QED) is 0.324. The van der Waals surface area contributed by atoms with Crippen molar-refractivity contribution in [3.63, 3.8) is 0 Å². The van der Waals surface area contributed by atoms with Crippen molar-refractivity contribution in [2.45, 2.75) is 25.4 Å². The largest absolute Gasteiger partial charge is 0.346 e. The van der Waals surface area contributed by atoms with Gasteiger partial charge in [0.2, 0.25) is 0 Å². The summed E-state index contributed by atoms with van der Waals surface area (Å²) in [5.74, 6) is -0.898. The Balaban J connectivity index is 1.42. The average molecular weight is 468 g/mol. The van der Waals surface area contributed by atoms with Crippen LogP contribution in [0.3, 0.4) is 0 Å². The van der Waals surface area contributed by atoms with Crippen molar-refractivity contribution in [2.24, 2.45) is 0 Å². The Morgan fingerprint density at radius 3 is 2.77 bits per heavy atom. The van der Waals surface area contributed by atoms with Crippen LogP contribution in [0.1, 0.15) is 29.3 Å². The van der Waals surface area contributed by atoms with Gasteiger partial charge in [0.05, 0.1) is 24.7 Å². The number of aromatic nitrogens is 5. The molecule has 2 aromatic heterocycles. The van der Waals surface area contributed by atoms with Crippen LogP contribution in [0.2, 0.25) is 0 Å². The number of aryl methyl sites for hydroxylation is 1. The minimum atomic E-state index is -1.36. The Bertz CT molecular complexity index is 1500. The number of hydrogen-bond acceptors (Lipinski definition) is 7. The first-order valence-corrected chi connectivity index (χ1v) is 10.9. The Hall–Kier alpha value is -4.85. The number of imide groups is 1. The van der Waals surface area contributed by atoms with E-state index in [2.05, 4.69) is 26.9 Å². The van der Waals surface area contributed by atoms with Crippen molar-refractivity contribution in [1.29, 1.82) is 5.26 Å². The highest BCUT2D eigenvalue weighted by Gasteiger charge is 2.49. The number of nitrogens with one attached hydrogen (secondary N) is 1. The number of para-hydroxylation sites is 1. The number of Topliss-reactive ketones (excluding diaryl/α,β-unsaturated/α-hetero) is 1. The van der Waals surface area contributed by atoms with Crippen molar-refractivity contribution in [1.82, 2.24) is 35.0 Å². The van der Waals surface area contributed by atoms with Crippen LogP contribution >= 0.6 is 0 Å². The number of rotatable bonds is 7. The number of nitriles is 1. The normalized spacial score (nSPS) is 17.5. The first-order chi connectivity index (χ1) is 16.9. The van der Waals surface area contributed by atoms with E-state index in [0.29, 0.717) is 35.2 Å². The summed E-state index contributed by atoms with van der Waals surface area (Å²) in [6.07, 6.45) is 3.40. The molecule has 1 atom stereocenters. The van der Waals surface area contributed by atoms with E-state index in [1.54, 1.807) is 37.4 Å². The van der Waals surface area contributed by atoms with Crippen molar-refractivity contribution in [3.8, 4) is 11.8 Å². The number of carbonyl (C=O) groups excluding carboxylic acids is 3. The average Bonchev–Trinajstić information content (AvgIpc) is 3.58. The third-order valence-corrected chi connectivity index (χ3v) is 6.17. The molecular formula is C24H20N8O3. The summed E-state index contributed by atoms with van der Waals surface area (Å²) in [6, 6.07) is 15.7. The number of benzene rings is 2. The number of tetrazole rings is 1. The number of carbonyl (C=O) groups is 3. The highest BCUT2D eigenvalue weighted by atomic mass is 16.2. The van der Waals surface area contributed by atoms with Gasteiger partial charge >= 0.3 is 6.03 Å². The maximum absolute atomic E-state index is 13.4. The van der Waals surface area contributed by atoms with E-state index in [-0.39, 0.29) is 5.78 Å². The fourth-order valence-electron chi connectivity index (χ4n) is 4.33. The van der Waals surface area contributed by atoms with Crippen molar-refractivity contribution in [2.75, 3.05) is 6.54 Å². The van der Waals surface area contributed by atoms with Crippen LogP contribution in [-0.4, -0.2) is 53.9 Å². The van der Waals surface area contributed by atoms with Gasteiger partial charge in [0.1, 0.15) is 11.9 Å². The zero-order valence-corrected chi connectivity index (χ0v) is 18.8. The van der Waals surface area contributed by atoms with Crippen LogP contribution in [0.4, 0.5) is 4.79 Å². The zero-order valence-electron chi connectivity index (χ0n) is 18.8. The zero-order chi connectivity index (χ0) is 24.6. The SMILES string of the molecule is CC1(c2cccc(-n3cnnn3)c2)NC(=O)N(CC(=O)c2cn(CCC#N)c3ccccc23)C1=O. The maximum Gasteiger partial charge on any atom is 0.325 e. The lowest BCUT2D eigenvalue weighted by Gasteiger charge is -2.22. The van der Waals surface area contributed by atoms with E-state index >= 15 is 0 Å². The fraction of sp³-hybridized carbons (Fsp3) is 0.208. The van der Waals surface area contributed by atoms with Crippen LogP contribution in [0.25, 0.3) is 16.6 Å². The van der Waals surface area contributed by atoms with Gasteiger partial charge < -0.3 is 9.88 Å². The molecule has 1 fully saturated rings. The number of hydrogen-bond donors (Lipinski definition) is 1. The molecule has 1 saturated heterocycles. The Kier molecular flexibility index (Phi) is 5.33. The maximum atomic E-state index is 13.4. The summed E-state index contributed by atoms with van der Waals surface area (Å²) in [7, 11) is 0. The van der Waals surface area contributed by atoms with Gasteiger partial charge in [-0.15, -0.1) is 5.10 Å². The first kappa shape index (κ1) is 22.0. The van der Waals surface area contributed by atoms with Gasteiger partial charge in [0, 0.05) is 29.2 Å². The molecule has 1 N–H and O–H groups in total. The monoisotopic (exact) mass is 468 g/mol. The molecule has 2 aromatic carbocycles. The van der Waals surface area contributed by atoms with Crippen LogP contribution in [-0.2, 0) is 16.9 Å². The molecule has 0 saturated carbocycles. The number of ketones is 1. The van der Waals surface area contributed by atoms with E-state index in [0.717, 1.165) is 10.4 Å². The molecule has 1 unspecified atom stereocenters. The smallest absolute Gasteiger partial charge is 0.325 e. The second-order valence-electron chi connectivity index (χ2n) is 8.34. The molecule has 0 spiro atoms. The lowest BCUT2D eigenvalue weighted by Crippen LogP contribution is -2.41. The summed E-state index contributed by atoms with van der Waals surface area (Å²) < 4.78 is 3.28. The van der Waals surface area contributed by atoms with Gasteiger partial charge in [-0.3, -0.25) is 14.5 Å². The Morgan fingerprint density at radius 2 is 2.00 bits per heavy atom. The van der Waals surface area contributed by atoms with Gasteiger partial charge in [0.25, 0.3) is 5.91 Å². The molecule has 5 rings (SSSR count). The summed E-state index contributed by atoms with van der Waals surface area (Å²) in [5.41, 5.74) is 1.01. The van der Waals surface area contributed by atoms with Crippen molar-refractivity contribution >= 4 is 28.6 Å². The van der Waals surface area contributed by atoms with Crippen LogP contribution < -0.4 is 5.32 Å². The standard InChI is InChI=1S/C24H20N8O3/c1-24(16-6-4-7-17(12-16)32-15-26-28-29-32)22(34)31(23(35)27-24)14-21(33)19-13-30(11-5-10-25)20-9-3-2-8-18(19)20/h2-4,6-9,12-13,15H,5,11,14H2,1H3,(H,27,35). The molecule has 11 heteroatoms.